The van der Waals surface area contributed by atoms with Crippen LogP contribution < -0.4 is 0 Å². The average Bonchev–Trinajstić information content (AvgIpc) is 2.27. The molecule has 1 aliphatic heterocycles. The third-order valence-electron chi connectivity index (χ3n) is 3.42. The first kappa shape index (κ1) is 14.2. The number of methoxy groups -OCH3 is 1. The summed E-state index contributed by atoms with van der Waals surface area (Å²) in [5.41, 5.74) is -0.556. The van der Waals surface area contributed by atoms with E-state index in [0.29, 0.717) is 6.54 Å². The average molecular weight is 241 g/mol. The van der Waals surface area contributed by atoms with Crippen molar-refractivity contribution in [3.8, 4) is 0 Å². The van der Waals surface area contributed by atoms with Gasteiger partial charge in [-0.05, 0) is 40.2 Å². The molecule has 0 aromatic heterocycles. The standard InChI is InChI=1S/C13H23NO3/c1-10(15)11-7-5-6-8-14(11)9-13(2,3)12(16)17-4/h11H,5-9H2,1-4H3. The summed E-state index contributed by atoms with van der Waals surface area (Å²) in [5.74, 6) is -0.0178. The number of esters is 1. The molecule has 0 radical (unpaired) electrons. The summed E-state index contributed by atoms with van der Waals surface area (Å²) in [6.07, 6.45) is 3.10. The van der Waals surface area contributed by atoms with E-state index >= 15 is 0 Å². The van der Waals surface area contributed by atoms with Gasteiger partial charge in [-0.25, -0.2) is 0 Å². The maximum atomic E-state index is 11.6. The second-order valence-corrected chi connectivity index (χ2v) is 5.47. The SMILES string of the molecule is COC(=O)C(C)(C)CN1CCCCC1C(C)=O. The minimum atomic E-state index is -0.556. The Balaban J connectivity index is 2.70. The molecular weight excluding hydrogens is 218 g/mol. The van der Waals surface area contributed by atoms with E-state index in [-0.39, 0.29) is 17.8 Å². The van der Waals surface area contributed by atoms with Crippen molar-refractivity contribution >= 4 is 11.8 Å². The largest absolute Gasteiger partial charge is 0.469 e. The summed E-state index contributed by atoms with van der Waals surface area (Å²) in [7, 11) is 1.41. The molecular formula is C13H23NO3. The highest BCUT2D eigenvalue weighted by Crippen LogP contribution is 2.25. The van der Waals surface area contributed by atoms with E-state index in [1.165, 1.54) is 7.11 Å². The highest BCUT2D eigenvalue weighted by atomic mass is 16.5. The van der Waals surface area contributed by atoms with Gasteiger partial charge in [0.2, 0.25) is 0 Å². The Morgan fingerprint density at radius 2 is 2.00 bits per heavy atom. The Kier molecular flexibility index (Phi) is 4.69. The van der Waals surface area contributed by atoms with Gasteiger partial charge in [-0.2, -0.15) is 0 Å². The number of Topliss-reactive ketones (excluding diaryl/α,β-unsaturated/α-hetero) is 1. The number of carbonyl (C=O) groups excluding carboxylic acids is 2. The van der Waals surface area contributed by atoms with Crippen LogP contribution in [-0.2, 0) is 14.3 Å². The number of carbonyl (C=O) groups is 2. The molecule has 98 valence electrons. The number of piperidine rings is 1. The quantitative estimate of drug-likeness (QED) is 0.702. The van der Waals surface area contributed by atoms with Crippen LogP contribution in [0.25, 0.3) is 0 Å². The number of nitrogens with zero attached hydrogens (tertiary/aromatic N) is 1. The summed E-state index contributed by atoms with van der Waals surface area (Å²) >= 11 is 0. The van der Waals surface area contributed by atoms with Gasteiger partial charge in [-0.15, -0.1) is 0 Å². The number of likely N-dealkylation sites (tertiary alicyclic amines) is 1. The molecule has 0 aliphatic carbocycles. The van der Waals surface area contributed by atoms with Crippen LogP contribution in [0, 0.1) is 5.41 Å². The van der Waals surface area contributed by atoms with Gasteiger partial charge >= 0.3 is 5.97 Å². The van der Waals surface area contributed by atoms with Gasteiger partial charge in [0.15, 0.2) is 0 Å². The van der Waals surface area contributed by atoms with Gasteiger partial charge in [-0.3, -0.25) is 14.5 Å². The van der Waals surface area contributed by atoms with Crippen LogP contribution in [0.3, 0.4) is 0 Å². The molecule has 1 rings (SSSR count). The summed E-state index contributed by atoms with van der Waals surface area (Å²) in [6, 6.07) is -0.0207. The highest BCUT2D eigenvalue weighted by molar-refractivity contribution is 5.81. The zero-order valence-corrected chi connectivity index (χ0v) is 11.3. The predicted molar refractivity (Wildman–Crippen MR) is 65.7 cm³/mol. The van der Waals surface area contributed by atoms with Crippen LogP contribution in [0.5, 0.6) is 0 Å². The van der Waals surface area contributed by atoms with Crippen molar-refractivity contribution in [1.29, 1.82) is 0 Å². The molecule has 0 bridgehead atoms. The van der Waals surface area contributed by atoms with Crippen LogP contribution >= 0.6 is 0 Å². The maximum absolute atomic E-state index is 11.6. The van der Waals surface area contributed by atoms with Gasteiger partial charge in [0.1, 0.15) is 5.78 Å². The van der Waals surface area contributed by atoms with Crippen LogP contribution in [0.1, 0.15) is 40.0 Å². The third kappa shape index (κ3) is 3.53. The highest BCUT2D eigenvalue weighted by Gasteiger charge is 2.35. The first-order valence-electron chi connectivity index (χ1n) is 6.21. The zero-order valence-electron chi connectivity index (χ0n) is 11.3. The second-order valence-electron chi connectivity index (χ2n) is 5.47. The molecule has 4 heteroatoms. The van der Waals surface area contributed by atoms with Crippen molar-refractivity contribution in [3.05, 3.63) is 0 Å². The Labute approximate surface area is 103 Å². The monoisotopic (exact) mass is 241 g/mol. The molecule has 1 saturated heterocycles. The molecule has 0 N–H and O–H groups in total. The summed E-state index contributed by atoms with van der Waals surface area (Å²) in [4.78, 5) is 25.4. The van der Waals surface area contributed by atoms with Crippen molar-refractivity contribution in [3.63, 3.8) is 0 Å². The lowest BCUT2D eigenvalue weighted by molar-refractivity contribution is -0.153. The molecule has 0 spiro atoms. The Hall–Kier alpha value is -0.900. The maximum Gasteiger partial charge on any atom is 0.312 e. The van der Waals surface area contributed by atoms with E-state index in [4.69, 9.17) is 4.74 Å². The molecule has 1 fully saturated rings. The van der Waals surface area contributed by atoms with Crippen LogP contribution in [-0.4, -0.2) is 42.9 Å². The Bertz CT molecular complexity index is 299. The molecule has 0 aromatic carbocycles. The normalized spacial score (nSPS) is 22.2. The summed E-state index contributed by atoms with van der Waals surface area (Å²) in [6.45, 7) is 6.85. The van der Waals surface area contributed by atoms with Crippen molar-refractivity contribution in [2.24, 2.45) is 5.41 Å². The first-order chi connectivity index (χ1) is 7.88. The van der Waals surface area contributed by atoms with E-state index in [1.807, 2.05) is 13.8 Å². The molecule has 1 unspecified atom stereocenters. The van der Waals surface area contributed by atoms with Crippen molar-refractivity contribution in [2.75, 3.05) is 20.2 Å². The van der Waals surface area contributed by atoms with Gasteiger partial charge in [0, 0.05) is 6.54 Å². The molecule has 0 aromatic rings. The fourth-order valence-corrected chi connectivity index (χ4v) is 2.49. The van der Waals surface area contributed by atoms with Crippen molar-refractivity contribution in [1.82, 2.24) is 4.90 Å². The van der Waals surface area contributed by atoms with Gasteiger partial charge < -0.3 is 4.74 Å². The van der Waals surface area contributed by atoms with E-state index in [0.717, 1.165) is 25.8 Å². The molecule has 17 heavy (non-hydrogen) atoms. The van der Waals surface area contributed by atoms with Gasteiger partial charge in [-0.1, -0.05) is 6.42 Å². The summed E-state index contributed by atoms with van der Waals surface area (Å²) in [5, 5.41) is 0. The van der Waals surface area contributed by atoms with Crippen molar-refractivity contribution in [2.45, 2.75) is 46.1 Å². The molecule has 1 heterocycles. The Morgan fingerprint density at radius 3 is 2.53 bits per heavy atom. The lowest BCUT2D eigenvalue weighted by atomic mass is 9.89. The van der Waals surface area contributed by atoms with E-state index < -0.39 is 5.41 Å². The lowest BCUT2D eigenvalue weighted by Gasteiger charge is -2.38. The number of hydrogen-bond acceptors (Lipinski definition) is 4. The predicted octanol–water partition coefficient (Wildman–Crippen LogP) is 1.63. The van der Waals surface area contributed by atoms with Crippen LogP contribution in [0.4, 0.5) is 0 Å². The minimum absolute atomic E-state index is 0.0207. The fraction of sp³-hybridized carbons (Fsp3) is 0.846. The number of rotatable bonds is 4. The van der Waals surface area contributed by atoms with E-state index in [2.05, 4.69) is 4.90 Å². The van der Waals surface area contributed by atoms with Crippen LogP contribution in [0.15, 0.2) is 0 Å². The molecule has 4 nitrogen and oxygen atoms in total. The van der Waals surface area contributed by atoms with Gasteiger partial charge in [0.25, 0.3) is 0 Å². The fourth-order valence-electron chi connectivity index (χ4n) is 2.49. The van der Waals surface area contributed by atoms with E-state index in [1.54, 1.807) is 6.92 Å². The van der Waals surface area contributed by atoms with Crippen LogP contribution in [0.2, 0.25) is 0 Å². The third-order valence-corrected chi connectivity index (χ3v) is 3.42. The molecule has 1 aliphatic rings. The van der Waals surface area contributed by atoms with Gasteiger partial charge in [0.05, 0.1) is 18.6 Å². The molecule has 1 atom stereocenters. The number of ketones is 1. The lowest BCUT2D eigenvalue weighted by Crippen LogP contribution is -2.49. The summed E-state index contributed by atoms with van der Waals surface area (Å²) < 4.78 is 4.80. The first-order valence-corrected chi connectivity index (χ1v) is 6.21. The van der Waals surface area contributed by atoms with E-state index in [9.17, 15) is 9.59 Å². The Morgan fingerprint density at radius 1 is 1.35 bits per heavy atom. The van der Waals surface area contributed by atoms with Crippen molar-refractivity contribution < 1.29 is 14.3 Å². The zero-order chi connectivity index (χ0) is 13.1. The molecule has 0 saturated carbocycles. The number of ether oxygens (including phenoxy) is 1. The topological polar surface area (TPSA) is 46.6 Å². The second kappa shape index (κ2) is 5.63. The number of hydrogen-bond donors (Lipinski definition) is 0. The molecule has 0 amide bonds. The minimum Gasteiger partial charge on any atom is -0.469 e. The smallest absolute Gasteiger partial charge is 0.312 e.